The first-order valence-corrected chi connectivity index (χ1v) is 14.6. The molecule has 0 atom stereocenters. The van der Waals surface area contributed by atoms with Crippen molar-refractivity contribution in [3.8, 4) is 28.1 Å². The quantitative estimate of drug-likeness (QED) is 0.206. The molecule has 9 aromatic rings. The lowest BCUT2D eigenvalue weighted by molar-refractivity contribution is 1.18. The maximum atomic E-state index is 5.29. The van der Waals surface area contributed by atoms with E-state index in [2.05, 4.69) is 149 Å². The summed E-state index contributed by atoms with van der Waals surface area (Å²) in [5.74, 6) is 0. The summed E-state index contributed by atoms with van der Waals surface area (Å²) in [7, 11) is 0. The molecule has 0 saturated carbocycles. The lowest BCUT2D eigenvalue weighted by atomic mass is 9.94. The van der Waals surface area contributed by atoms with Crippen molar-refractivity contribution in [3.63, 3.8) is 0 Å². The summed E-state index contributed by atoms with van der Waals surface area (Å²) in [4.78, 5) is 9.88. The molecule has 0 radical (unpaired) electrons. The van der Waals surface area contributed by atoms with Gasteiger partial charge in [0.2, 0.25) is 0 Å². The highest BCUT2D eigenvalue weighted by atomic mass is 15.0. The van der Waals surface area contributed by atoms with Crippen LogP contribution in [0.4, 0.5) is 0 Å². The van der Waals surface area contributed by atoms with Crippen LogP contribution < -0.4 is 0 Å². The Labute approximate surface area is 248 Å². The number of benzene rings is 6. The number of rotatable bonds is 3. The minimum atomic E-state index is 0.993. The number of fused-ring (bicyclic) bond motifs is 8. The van der Waals surface area contributed by atoms with Gasteiger partial charge in [-0.2, -0.15) is 0 Å². The molecular weight excluding hydrogens is 522 g/mol. The van der Waals surface area contributed by atoms with Crippen molar-refractivity contribution in [2.45, 2.75) is 0 Å². The molecule has 0 fully saturated rings. The Morgan fingerprint density at radius 2 is 1.23 bits per heavy atom. The summed E-state index contributed by atoms with van der Waals surface area (Å²) in [6, 6.07) is 51.8. The Bertz CT molecular complexity index is 2510. The summed E-state index contributed by atoms with van der Waals surface area (Å²) in [6.45, 7) is 0. The third-order valence-corrected chi connectivity index (χ3v) is 8.59. The fourth-order valence-electron chi connectivity index (χ4n) is 6.67. The average Bonchev–Trinajstić information content (AvgIpc) is 3.42. The number of nitrogens with zero attached hydrogens (tertiary/aromatic N) is 3. The molecule has 3 heterocycles. The van der Waals surface area contributed by atoms with E-state index in [0.717, 1.165) is 49.9 Å². The molecule has 0 unspecified atom stereocenters. The van der Waals surface area contributed by atoms with E-state index in [1.807, 2.05) is 12.3 Å². The molecule has 0 aliphatic heterocycles. The summed E-state index contributed by atoms with van der Waals surface area (Å²) in [5, 5.41) is 7.20. The first-order valence-electron chi connectivity index (χ1n) is 14.6. The van der Waals surface area contributed by atoms with Gasteiger partial charge in [-0.25, -0.2) is 4.98 Å². The summed E-state index contributed by atoms with van der Waals surface area (Å²) >= 11 is 0. The minimum absolute atomic E-state index is 0.993. The Morgan fingerprint density at radius 1 is 0.442 bits per heavy atom. The first kappa shape index (κ1) is 23.9. The number of hydrogen-bond acceptors (Lipinski definition) is 2. The van der Waals surface area contributed by atoms with Crippen LogP contribution in [0, 0.1) is 0 Å². The van der Waals surface area contributed by atoms with Crippen molar-refractivity contribution in [1.29, 1.82) is 0 Å². The third-order valence-electron chi connectivity index (χ3n) is 8.59. The van der Waals surface area contributed by atoms with Gasteiger partial charge in [-0.1, -0.05) is 97.1 Å². The van der Waals surface area contributed by atoms with E-state index < -0.39 is 0 Å². The maximum Gasteiger partial charge on any atom is 0.0788 e. The molecule has 0 N–H and O–H groups in total. The van der Waals surface area contributed by atoms with Gasteiger partial charge in [-0.05, 0) is 59.7 Å². The van der Waals surface area contributed by atoms with Gasteiger partial charge in [-0.15, -0.1) is 0 Å². The van der Waals surface area contributed by atoms with Crippen molar-refractivity contribution in [2.24, 2.45) is 0 Å². The van der Waals surface area contributed by atoms with Crippen molar-refractivity contribution >= 4 is 54.4 Å². The smallest absolute Gasteiger partial charge is 0.0788 e. The first-order chi connectivity index (χ1) is 21.3. The fourth-order valence-corrected chi connectivity index (χ4v) is 6.67. The van der Waals surface area contributed by atoms with Gasteiger partial charge in [-0.3, -0.25) is 4.98 Å². The molecule has 0 bridgehead atoms. The maximum absolute atomic E-state index is 5.29. The normalized spacial score (nSPS) is 11.7. The van der Waals surface area contributed by atoms with E-state index in [-0.39, 0.29) is 0 Å². The van der Waals surface area contributed by atoms with E-state index in [4.69, 9.17) is 4.98 Å². The van der Waals surface area contributed by atoms with E-state index in [9.17, 15) is 0 Å². The van der Waals surface area contributed by atoms with Gasteiger partial charge in [0.1, 0.15) is 0 Å². The second kappa shape index (κ2) is 9.37. The zero-order valence-electron chi connectivity index (χ0n) is 23.3. The van der Waals surface area contributed by atoms with Crippen LogP contribution in [-0.2, 0) is 0 Å². The van der Waals surface area contributed by atoms with Gasteiger partial charge < -0.3 is 4.57 Å². The summed E-state index contributed by atoms with van der Waals surface area (Å²) in [6.07, 6.45) is 1.85. The van der Waals surface area contributed by atoms with Gasteiger partial charge >= 0.3 is 0 Å². The number of aromatic nitrogens is 3. The highest BCUT2D eigenvalue weighted by Crippen LogP contribution is 2.42. The van der Waals surface area contributed by atoms with E-state index >= 15 is 0 Å². The fraction of sp³-hybridized carbons (Fsp3) is 0. The van der Waals surface area contributed by atoms with Crippen LogP contribution in [0.25, 0.3) is 82.5 Å². The molecule has 43 heavy (non-hydrogen) atoms. The van der Waals surface area contributed by atoms with Crippen LogP contribution in [-0.4, -0.2) is 14.5 Å². The van der Waals surface area contributed by atoms with Gasteiger partial charge in [0.05, 0.1) is 27.8 Å². The van der Waals surface area contributed by atoms with Crippen LogP contribution >= 0.6 is 0 Å². The van der Waals surface area contributed by atoms with Crippen molar-refractivity contribution in [1.82, 2.24) is 14.5 Å². The van der Waals surface area contributed by atoms with E-state index in [0.29, 0.717) is 0 Å². The van der Waals surface area contributed by atoms with Gasteiger partial charge in [0.25, 0.3) is 0 Å². The van der Waals surface area contributed by atoms with Crippen LogP contribution in [0.3, 0.4) is 0 Å². The zero-order valence-corrected chi connectivity index (χ0v) is 23.3. The van der Waals surface area contributed by atoms with Gasteiger partial charge in [0, 0.05) is 49.8 Å². The number of hydrogen-bond donors (Lipinski definition) is 0. The Hall–Kier alpha value is -5.80. The molecule has 3 aromatic heterocycles. The second-order valence-electron chi connectivity index (χ2n) is 11.0. The van der Waals surface area contributed by atoms with Crippen molar-refractivity contribution < 1.29 is 0 Å². The average molecular weight is 548 g/mol. The number of para-hydroxylation sites is 3. The SMILES string of the molecule is c1ccc(-n2c3ccccc3c3c4c(ccc32)c(-c2cccc(-c3ccc5cccnc5c3)c2)nc2ccccc24)cc1. The topological polar surface area (TPSA) is 30.7 Å². The van der Waals surface area contributed by atoms with E-state index in [1.165, 1.54) is 32.6 Å². The summed E-state index contributed by atoms with van der Waals surface area (Å²) < 4.78 is 2.38. The molecule has 3 nitrogen and oxygen atoms in total. The standard InChI is InChI=1S/C40H25N3/c1-2-13-30(14-3-1)43-36-18-7-5-16-32(36)39-37(43)22-21-33-38(39)31-15-4-6-17-34(31)42-40(33)29-11-8-10-27(24-29)28-20-19-26-12-9-23-41-35(26)25-28/h1-25H. The molecule has 0 amide bonds. The predicted molar refractivity (Wildman–Crippen MR) is 180 cm³/mol. The number of pyridine rings is 2. The Morgan fingerprint density at radius 3 is 2.16 bits per heavy atom. The predicted octanol–water partition coefficient (Wildman–Crippen LogP) is 10.4. The van der Waals surface area contributed by atoms with Gasteiger partial charge in [0.15, 0.2) is 0 Å². The molecular formula is C40H25N3. The third kappa shape index (κ3) is 3.68. The van der Waals surface area contributed by atoms with E-state index in [1.54, 1.807) is 0 Å². The highest BCUT2D eigenvalue weighted by Gasteiger charge is 2.19. The van der Waals surface area contributed by atoms with Crippen LogP contribution in [0.5, 0.6) is 0 Å². The van der Waals surface area contributed by atoms with Crippen LogP contribution in [0.1, 0.15) is 0 Å². The molecule has 6 aromatic carbocycles. The Balaban J connectivity index is 1.36. The molecule has 0 saturated heterocycles. The molecule has 0 aliphatic rings. The molecule has 200 valence electrons. The monoisotopic (exact) mass is 547 g/mol. The van der Waals surface area contributed by atoms with Crippen LogP contribution in [0.2, 0.25) is 0 Å². The van der Waals surface area contributed by atoms with Crippen molar-refractivity contribution in [2.75, 3.05) is 0 Å². The van der Waals surface area contributed by atoms with Crippen LogP contribution in [0.15, 0.2) is 152 Å². The Kier molecular flexibility index (Phi) is 5.20. The molecule has 9 rings (SSSR count). The minimum Gasteiger partial charge on any atom is -0.309 e. The molecule has 0 aliphatic carbocycles. The second-order valence-corrected chi connectivity index (χ2v) is 11.0. The highest BCUT2D eigenvalue weighted by molar-refractivity contribution is 6.29. The summed E-state index contributed by atoms with van der Waals surface area (Å²) in [5.41, 5.74) is 9.93. The lowest BCUT2D eigenvalue weighted by Crippen LogP contribution is -1.94. The molecule has 0 spiro atoms. The van der Waals surface area contributed by atoms with Crippen molar-refractivity contribution in [3.05, 3.63) is 152 Å². The zero-order chi connectivity index (χ0) is 28.3. The molecule has 3 heteroatoms. The largest absolute Gasteiger partial charge is 0.309 e. The lowest BCUT2D eigenvalue weighted by Gasteiger charge is -2.13.